The maximum absolute atomic E-state index is 14.4. The molecule has 3 aromatic heterocycles. The van der Waals surface area contributed by atoms with Gasteiger partial charge in [-0.2, -0.15) is 5.10 Å². The fourth-order valence-corrected chi connectivity index (χ4v) is 5.86. The zero-order chi connectivity index (χ0) is 37.0. The van der Waals surface area contributed by atoms with E-state index in [0.29, 0.717) is 43.0 Å². The lowest BCUT2D eigenvalue weighted by Crippen LogP contribution is -2.53. The van der Waals surface area contributed by atoms with Crippen molar-refractivity contribution in [3.8, 4) is 22.6 Å². The molecule has 1 aliphatic rings. The van der Waals surface area contributed by atoms with Gasteiger partial charge in [-0.15, -0.1) is 15.0 Å². The van der Waals surface area contributed by atoms with E-state index in [-0.39, 0.29) is 29.8 Å². The number of hydrogen-bond acceptors (Lipinski definition) is 11. The van der Waals surface area contributed by atoms with Gasteiger partial charge in [-0.1, -0.05) is 32.0 Å². The largest absolute Gasteiger partial charge is 0.510 e. The van der Waals surface area contributed by atoms with Gasteiger partial charge >= 0.3 is 12.2 Å². The van der Waals surface area contributed by atoms with E-state index < -0.39 is 24.1 Å². The Morgan fingerprint density at radius 3 is 2.39 bits per heavy atom. The predicted octanol–water partition coefficient (Wildman–Crippen LogP) is 6.21. The number of likely N-dealkylation sites (tertiary alicyclic amines) is 1. The molecule has 1 saturated heterocycles. The molecule has 0 radical (unpaired) electrons. The summed E-state index contributed by atoms with van der Waals surface area (Å²) in [6.45, 7) is 15.5. The molecule has 0 spiro atoms. The zero-order valence-corrected chi connectivity index (χ0v) is 30.7. The predicted molar refractivity (Wildman–Crippen MR) is 189 cm³/mol. The molecule has 0 bridgehead atoms. The van der Waals surface area contributed by atoms with Gasteiger partial charge in [0.25, 0.3) is 5.91 Å². The SMILES string of the molecule is Cc1cccnc1N(C(=O)c1ccc(-c2cnn(C)c2-c2nnn(C(OC(=O)OC(C)C)C(C)C)n2)cc1)[C@@H]1CCCN(C(=O)OC(C)(C)C)C1. The summed E-state index contributed by atoms with van der Waals surface area (Å²) < 4.78 is 17.9. The highest BCUT2D eigenvalue weighted by Gasteiger charge is 2.35. The average Bonchev–Trinajstić information content (AvgIpc) is 3.70. The van der Waals surface area contributed by atoms with E-state index in [2.05, 4.69) is 25.5 Å². The molecular formula is C36H47N9O6. The molecule has 4 aromatic rings. The molecule has 1 fully saturated rings. The minimum absolute atomic E-state index is 0.175. The summed E-state index contributed by atoms with van der Waals surface area (Å²) in [6.07, 6.45) is 2.38. The fraction of sp³-hybridized carbons (Fsp3) is 0.500. The maximum Gasteiger partial charge on any atom is 0.510 e. The number of nitrogens with zero attached hydrogens (tertiary/aromatic N) is 9. The summed E-state index contributed by atoms with van der Waals surface area (Å²) in [4.78, 5) is 48.9. The molecule has 2 amide bonds. The smallest absolute Gasteiger partial charge is 0.444 e. The third-order valence-corrected chi connectivity index (χ3v) is 8.21. The molecule has 272 valence electrons. The fourth-order valence-electron chi connectivity index (χ4n) is 5.86. The molecule has 5 rings (SSSR count). The van der Waals surface area contributed by atoms with Crippen molar-refractivity contribution in [3.05, 3.63) is 59.9 Å². The Kier molecular flexibility index (Phi) is 11.1. The van der Waals surface area contributed by atoms with Gasteiger partial charge in [-0.3, -0.25) is 14.4 Å². The number of rotatable bonds is 9. The molecule has 4 heterocycles. The van der Waals surface area contributed by atoms with Crippen LogP contribution in [0.15, 0.2) is 48.8 Å². The Hall–Kier alpha value is -5.34. The topological polar surface area (TPSA) is 160 Å². The summed E-state index contributed by atoms with van der Waals surface area (Å²) >= 11 is 0. The van der Waals surface area contributed by atoms with Crippen LogP contribution in [0.3, 0.4) is 0 Å². The quantitative estimate of drug-likeness (QED) is 0.183. The van der Waals surface area contributed by atoms with Crippen LogP contribution >= 0.6 is 0 Å². The Balaban J connectivity index is 1.41. The number of aromatic nitrogens is 7. The number of benzene rings is 1. The highest BCUT2D eigenvalue weighted by atomic mass is 16.7. The first-order valence-corrected chi connectivity index (χ1v) is 17.2. The number of hydrogen-bond donors (Lipinski definition) is 0. The van der Waals surface area contributed by atoms with Crippen LogP contribution in [-0.2, 0) is 21.3 Å². The number of ether oxygens (including phenoxy) is 3. The molecule has 0 N–H and O–H groups in total. The number of amides is 2. The van der Waals surface area contributed by atoms with Crippen molar-refractivity contribution in [3.63, 3.8) is 0 Å². The molecule has 15 heteroatoms. The van der Waals surface area contributed by atoms with Crippen LogP contribution in [-0.4, -0.2) is 88.9 Å². The molecule has 2 atom stereocenters. The summed E-state index contributed by atoms with van der Waals surface area (Å²) in [6, 6.07) is 10.7. The van der Waals surface area contributed by atoms with E-state index in [1.54, 1.807) is 59.9 Å². The highest BCUT2D eigenvalue weighted by Crippen LogP contribution is 2.32. The Morgan fingerprint density at radius 1 is 1.02 bits per heavy atom. The van der Waals surface area contributed by atoms with Gasteiger partial charge in [0.15, 0.2) is 0 Å². The van der Waals surface area contributed by atoms with Crippen LogP contribution in [0.1, 0.15) is 83.5 Å². The van der Waals surface area contributed by atoms with E-state index in [9.17, 15) is 14.4 Å². The van der Waals surface area contributed by atoms with Crippen LogP contribution < -0.4 is 4.90 Å². The van der Waals surface area contributed by atoms with Crippen molar-refractivity contribution in [1.82, 2.24) is 39.9 Å². The van der Waals surface area contributed by atoms with Gasteiger partial charge in [-0.05, 0) is 88.9 Å². The van der Waals surface area contributed by atoms with Gasteiger partial charge in [0.2, 0.25) is 12.1 Å². The van der Waals surface area contributed by atoms with Crippen molar-refractivity contribution < 1.29 is 28.6 Å². The second kappa shape index (κ2) is 15.3. The molecule has 0 saturated carbocycles. The first kappa shape index (κ1) is 36.9. The molecule has 1 aliphatic heterocycles. The second-order valence-electron chi connectivity index (χ2n) is 14.3. The number of aryl methyl sites for hydroxylation is 2. The number of anilines is 1. The number of carbonyl (C=O) groups excluding carboxylic acids is 3. The molecule has 51 heavy (non-hydrogen) atoms. The number of carbonyl (C=O) groups is 3. The van der Waals surface area contributed by atoms with Crippen molar-refractivity contribution in [2.45, 2.75) is 92.2 Å². The summed E-state index contributed by atoms with van der Waals surface area (Å²) in [5.74, 6) is 0.421. The monoisotopic (exact) mass is 701 g/mol. The second-order valence-corrected chi connectivity index (χ2v) is 14.3. The third kappa shape index (κ3) is 8.70. The van der Waals surface area contributed by atoms with Crippen LogP contribution in [0.4, 0.5) is 15.4 Å². The number of pyridine rings is 1. The van der Waals surface area contributed by atoms with Crippen LogP contribution in [0, 0.1) is 12.8 Å². The lowest BCUT2D eigenvalue weighted by Gasteiger charge is -2.39. The summed E-state index contributed by atoms with van der Waals surface area (Å²) in [7, 11) is 1.77. The lowest BCUT2D eigenvalue weighted by molar-refractivity contribution is -0.0473. The molecule has 15 nitrogen and oxygen atoms in total. The normalized spacial score (nSPS) is 15.5. The molecule has 1 aromatic carbocycles. The van der Waals surface area contributed by atoms with Crippen LogP contribution in [0.25, 0.3) is 22.6 Å². The molecule has 1 unspecified atom stereocenters. The van der Waals surface area contributed by atoms with Crippen LogP contribution in [0.2, 0.25) is 0 Å². The van der Waals surface area contributed by atoms with Crippen LogP contribution in [0.5, 0.6) is 0 Å². The van der Waals surface area contributed by atoms with E-state index >= 15 is 0 Å². The first-order valence-electron chi connectivity index (χ1n) is 17.2. The third-order valence-electron chi connectivity index (χ3n) is 8.21. The van der Waals surface area contributed by atoms with E-state index in [1.165, 1.54) is 4.80 Å². The number of tetrazole rings is 1. The van der Waals surface area contributed by atoms with Crippen molar-refractivity contribution in [2.75, 3.05) is 18.0 Å². The van der Waals surface area contributed by atoms with Crippen molar-refractivity contribution >= 4 is 24.0 Å². The highest BCUT2D eigenvalue weighted by molar-refractivity contribution is 6.06. The van der Waals surface area contributed by atoms with Gasteiger partial charge < -0.3 is 19.1 Å². The minimum atomic E-state index is -0.842. The lowest BCUT2D eigenvalue weighted by atomic mass is 10.0. The van der Waals surface area contributed by atoms with E-state index in [1.807, 2.05) is 65.8 Å². The molecule has 0 aliphatic carbocycles. The summed E-state index contributed by atoms with van der Waals surface area (Å²) in [5.41, 5.74) is 2.75. The standard InChI is InChI=1S/C36H47N9O6/c1-22(2)33(50-35(48)49-23(3)4)45-40-30(39-41-45)29-28(20-38-42(29)9)25-14-16-26(17-15-25)32(46)44(31-24(5)12-10-18-37-31)27-13-11-19-43(21-27)34(47)51-36(6,7)8/h10,12,14-18,20,22-23,27,33H,11,13,19,21H2,1-9H3/t27-,33?/m1/s1. The Bertz CT molecular complexity index is 1840. The van der Waals surface area contributed by atoms with Crippen molar-refractivity contribution in [2.24, 2.45) is 13.0 Å². The van der Waals surface area contributed by atoms with Gasteiger partial charge in [0.1, 0.15) is 17.1 Å². The summed E-state index contributed by atoms with van der Waals surface area (Å²) in [5, 5.41) is 17.4. The first-order chi connectivity index (χ1) is 24.1. The van der Waals surface area contributed by atoms with E-state index in [4.69, 9.17) is 14.2 Å². The van der Waals surface area contributed by atoms with Gasteiger partial charge in [-0.25, -0.2) is 14.6 Å². The zero-order valence-electron chi connectivity index (χ0n) is 30.7. The average molecular weight is 702 g/mol. The van der Waals surface area contributed by atoms with Gasteiger partial charge in [0, 0.05) is 43.4 Å². The number of piperidine rings is 1. The Morgan fingerprint density at radius 2 is 1.75 bits per heavy atom. The Labute approximate surface area is 297 Å². The molecular weight excluding hydrogens is 654 g/mol. The maximum atomic E-state index is 14.4. The van der Waals surface area contributed by atoms with E-state index in [0.717, 1.165) is 16.7 Å². The van der Waals surface area contributed by atoms with Crippen molar-refractivity contribution in [1.29, 1.82) is 0 Å². The minimum Gasteiger partial charge on any atom is -0.444 e. The van der Waals surface area contributed by atoms with Gasteiger partial charge in [0.05, 0.1) is 18.3 Å².